The van der Waals surface area contributed by atoms with Crippen LogP contribution in [0.4, 0.5) is 0 Å². The van der Waals surface area contributed by atoms with Gasteiger partial charge < -0.3 is 14.9 Å². The van der Waals surface area contributed by atoms with Gasteiger partial charge >= 0.3 is 0 Å². The van der Waals surface area contributed by atoms with Gasteiger partial charge in [0.15, 0.2) is 0 Å². The molecule has 0 aliphatic carbocycles. The van der Waals surface area contributed by atoms with E-state index >= 15 is 0 Å². The average molecular weight is 302 g/mol. The Kier molecular flexibility index (Phi) is 4.06. The maximum absolute atomic E-state index is 11.2. The molecule has 7 heteroatoms. The Morgan fingerprint density at radius 1 is 1.41 bits per heavy atom. The van der Waals surface area contributed by atoms with Gasteiger partial charge in [-0.05, 0) is 37.2 Å². The molecule has 1 aliphatic rings. The van der Waals surface area contributed by atoms with Crippen molar-refractivity contribution in [2.75, 3.05) is 20.2 Å². The molecule has 2 aromatic rings. The Hall–Kier alpha value is -2.41. The van der Waals surface area contributed by atoms with Crippen LogP contribution < -0.4 is 10.5 Å². The van der Waals surface area contributed by atoms with Crippen molar-refractivity contribution >= 4 is 5.91 Å². The number of carbonyl (C=O) groups is 1. The lowest BCUT2D eigenvalue weighted by Crippen LogP contribution is -2.27. The fraction of sp³-hybridized carbons (Fsp3) is 0.400. The number of aromatic nitrogens is 2. The molecule has 0 spiro atoms. The molecule has 22 heavy (non-hydrogen) atoms. The van der Waals surface area contributed by atoms with E-state index in [1.54, 1.807) is 7.11 Å². The molecule has 116 valence electrons. The van der Waals surface area contributed by atoms with E-state index in [0.717, 1.165) is 24.3 Å². The maximum Gasteiger partial charge on any atom is 0.247 e. The SMILES string of the molecule is COc1ccc(-c2nnc(CN3CCC(C(N)=O)C3)o2)cc1. The lowest BCUT2D eigenvalue weighted by Gasteiger charge is -2.11. The number of hydrogen-bond donors (Lipinski definition) is 1. The summed E-state index contributed by atoms with van der Waals surface area (Å²) < 4.78 is 10.8. The highest BCUT2D eigenvalue weighted by Gasteiger charge is 2.27. The second-order valence-electron chi connectivity index (χ2n) is 5.35. The van der Waals surface area contributed by atoms with Gasteiger partial charge in [-0.2, -0.15) is 0 Å². The molecule has 0 saturated carbocycles. The zero-order valence-corrected chi connectivity index (χ0v) is 12.4. The fourth-order valence-electron chi connectivity index (χ4n) is 2.57. The van der Waals surface area contributed by atoms with Crippen LogP contribution in [0.3, 0.4) is 0 Å². The van der Waals surface area contributed by atoms with Crippen LogP contribution in [0.15, 0.2) is 28.7 Å². The summed E-state index contributed by atoms with van der Waals surface area (Å²) in [6, 6.07) is 7.43. The van der Waals surface area contributed by atoms with Gasteiger partial charge in [-0.1, -0.05) is 0 Å². The van der Waals surface area contributed by atoms with Gasteiger partial charge in [0.2, 0.25) is 17.7 Å². The molecule has 1 amide bonds. The summed E-state index contributed by atoms with van der Waals surface area (Å²) in [6.45, 7) is 2.00. The van der Waals surface area contributed by atoms with Crippen molar-refractivity contribution in [1.82, 2.24) is 15.1 Å². The summed E-state index contributed by atoms with van der Waals surface area (Å²) in [5.41, 5.74) is 6.17. The molecular weight excluding hydrogens is 284 g/mol. The van der Waals surface area contributed by atoms with Crippen molar-refractivity contribution in [1.29, 1.82) is 0 Å². The molecule has 1 aliphatic heterocycles. The van der Waals surface area contributed by atoms with Crippen molar-refractivity contribution in [3.8, 4) is 17.2 Å². The van der Waals surface area contributed by atoms with Crippen LogP contribution in [0.5, 0.6) is 5.75 Å². The van der Waals surface area contributed by atoms with Crippen molar-refractivity contribution < 1.29 is 13.9 Å². The Morgan fingerprint density at radius 2 is 2.18 bits per heavy atom. The number of hydrogen-bond acceptors (Lipinski definition) is 6. The summed E-state index contributed by atoms with van der Waals surface area (Å²) in [5, 5.41) is 8.13. The first-order valence-corrected chi connectivity index (χ1v) is 7.14. The number of nitrogens with zero attached hydrogens (tertiary/aromatic N) is 3. The third kappa shape index (κ3) is 3.09. The van der Waals surface area contributed by atoms with Gasteiger partial charge in [0.25, 0.3) is 0 Å². The molecule has 3 rings (SSSR count). The summed E-state index contributed by atoms with van der Waals surface area (Å²) in [6.07, 6.45) is 0.787. The van der Waals surface area contributed by atoms with Gasteiger partial charge in [-0.15, -0.1) is 10.2 Å². The standard InChI is InChI=1S/C15H18N4O3/c1-21-12-4-2-10(3-5-12)15-18-17-13(22-15)9-19-7-6-11(8-19)14(16)20/h2-5,11H,6-9H2,1H3,(H2,16,20). The van der Waals surface area contributed by atoms with Crippen molar-refractivity contribution in [2.45, 2.75) is 13.0 Å². The number of nitrogens with two attached hydrogens (primary N) is 1. The van der Waals surface area contributed by atoms with E-state index in [-0.39, 0.29) is 11.8 Å². The van der Waals surface area contributed by atoms with E-state index in [1.807, 2.05) is 24.3 Å². The topological polar surface area (TPSA) is 94.5 Å². The molecule has 2 N–H and O–H groups in total. The molecule has 1 unspecified atom stereocenters. The lowest BCUT2D eigenvalue weighted by molar-refractivity contribution is -0.121. The molecule has 1 fully saturated rings. The maximum atomic E-state index is 11.2. The highest BCUT2D eigenvalue weighted by molar-refractivity contribution is 5.77. The van der Waals surface area contributed by atoms with Gasteiger partial charge in [-0.25, -0.2) is 0 Å². The minimum atomic E-state index is -0.244. The van der Waals surface area contributed by atoms with E-state index in [0.29, 0.717) is 24.9 Å². The van der Waals surface area contributed by atoms with E-state index in [9.17, 15) is 4.79 Å². The quantitative estimate of drug-likeness (QED) is 0.887. The van der Waals surface area contributed by atoms with Crippen molar-refractivity contribution in [3.63, 3.8) is 0 Å². The predicted molar refractivity (Wildman–Crippen MR) is 78.9 cm³/mol. The molecule has 1 atom stereocenters. The number of rotatable bonds is 5. The number of carbonyl (C=O) groups excluding carboxylic acids is 1. The number of amides is 1. The molecule has 1 aromatic heterocycles. The third-order valence-electron chi connectivity index (χ3n) is 3.84. The molecule has 7 nitrogen and oxygen atoms in total. The van der Waals surface area contributed by atoms with Crippen LogP contribution >= 0.6 is 0 Å². The van der Waals surface area contributed by atoms with Crippen LogP contribution in [0.2, 0.25) is 0 Å². The number of primary amides is 1. The highest BCUT2D eigenvalue weighted by atomic mass is 16.5. The van der Waals surface area contributed by atoms with Crippen molar-refractivity contribution in [3.05, 3.63) is 30.2 Å². The van der Waals surface area contributed by atoms with Gasteiger partial charge in [0, 0.05) is 12.1 Å². The van der Waals surface area contributed by atoms with E-state index in [2.05, 4.69) is 15.1 Å². The first-order valence-electron chi connectivity index (χ1n) is 7.14. The number of likely N-dealkylation sites (tertiary alicyclic amines) is 1. The monoisotopic (exact) mass is 302 g/mol. The fourth-order valence-corrected chi connectivity index (χ4v) is 2.57. The number of benzene rings is 1. The van der Waals surface area contributed by atoms with Crippen molar-refractivity contribution in [2.24, 2.45) is 11.7 Å². The van der Waals surface area contributed by atoms with E-state index in [4.69, 9.17) is 14.9 Å². The summed E-state index contributed by atoms with van der Waals surface area (Å²) in [5.74, 6) is 1.47. The Morgan fingerprint density at radius 3 is 2.82 bits per heavy atom. The minimum absolute atomic E-state index is 0.0796. The van der Waals surface area contributed by atoms with Gasteiger partial charge in [0.1, 0.15) is 5.75 Å². The van der Waals surface area contributed by atoms with Crippen LogP contribution in [-0.4, -0.2) is 41.2 Å². The molecule has 1 saturated heterocycles. The van der Waals surface area contributed by atoms with Crippen LogP contribution in [0, 0.1) is 5.92 Å². The van der Waals surface area contributed by atoms with E-state index in [1.165, 1.54) is 0 Å². The molecule has 0 radical (unpaired) electrons. The first-order chi connectivity index (χ1) is 10.7. The Bertz CT molecular complexity index is 653. The lowest BCUT2D eigenvalue weighted by atomic mass is 10.1. The summed E-state index contributed by atoms with van der Waals surface area (Å²) >= 11 is 0. The second-order valence-corrected chi connectivity index (χ2v) is 5.35. The predicted octanol–water partition coefficient (Wildman–Crippen LogP) is 1.05. The smallest absolute Gasteiger partial charge is 0.247 e. The minimum Gasteiger partial charge on any atom is -0.497 e. The zero-order chi connectivity index (χ0) is 15.5. The zero-order valence-electron chi connectivity index (χ0n) is 12.4. The summed E-state index contributed by atoms with van der Waals surface area (Å²) in [4.78, 5) is 13.3. The molecule has 0 bridgehead atoms. The van der Waals surface area contributed by atoms with Gasteiger partial charge in [-0.3, -0.25) is 9.69 Å². The van der Waals surface area contributed by atoms with Gasteiger partial charge in [0.05, 0.1) is 19.6 Å². The first kappa shape index (κ1) is 14.5. The number of ether oxygens (including phenoxy) is 1. The Labute approximate surface area is 128 Å². The van der Waals surface area contributed by atoms with E-state index < -0.39 is 0 Å². The van der Waals surface area contributed by atoms with Crippen LogP contribution in [0.1, 0.15) is 12.3 Å². The third-order valence-corrected chi connectivity index (χ3v) is 3.84. The average Bonchev–Trinajstić information content (AvgIpc) is 3.17. The molecule has 1 aromatic carbocycles. The van der Waals surface area contributed by atoms with Crippen LogP contribution in [0.25, 0.3) is 11.5 Å². The molecular formula is C15H18N4O3. The number of methoxy groups -OCH3 is 1. The Balaban J connectivity index is 1.65. The highest BCUT2D eigenvalue weighted by Crippen LogP contribution is 2.23. The summed E-state index contributed by atoms with van der Waals surface area (Å²) in [7, 11) is 1.62. The molecule has 2 heterocycles. The normalized spacial score (nSPS) is 18.5. The van der Waals surface area contributed by atoms with Crippen LogP contribution in [-0.2, 0) is 11.3 Å². The largest absolute Gasteiger partial charge is 0.497 e. The second kappa shape index (κ2) is 6.15.